The maximum absolute atomic E-state index is 10.5. The number of rotatable bonds is 0. The van der Waals surface area contributed by atoms with Gasteiger partial charge in [0, 0.05) is 16.0 Å². The summed E-state index contributed by atoms with van der Waals surface area (Å²) in [6, 6.07) is 0. The SMILES string of the molecule is CC(C)(C)[Si]1(C(C)(C)C)OC[C@H]2O[C@H]3C[C@H]3[C@@H](O)[C@H]2O1. The van der Waals surface area contributed by atoms with E-state index >= 15 is 0 Å². The van der Waals surface area contributed by atoms with Gasteiger partial charge in [0.25, 0.3) is 0 Å². The van der Waals surface area contributed by atoms with E-state index < -0.39 is 8.56 Å². The van der Waals surface area contributed by atoms with Gasteiger partial charge < -0.3 is 18.7 Å². The molecule has 4 nitrogen and oxygen atoms in total. The predicted octanol–water partition coefficient (Wildman–Crippen LogP) is 2.59. The van der Waals surface area contributed by atoms with Crippen LogP contribution < -0.4 is 0 Å². The summed E-state index contributed by atoms with van der Waals surface area (Å²) in [4.78, 5) is 0. The number of hydrogen-bond donors (Lipinski definition) is 1. The number of fused-ring (bicyclic) bond motifs is 2. The van der Waals surface area contributed by atoms with Gasteiger partial charge in [0.15, 0.2) is 0 Å². The molecule has 1 aliphatic carbocycles. The average Bonchev–Trinajstić information content (AvgIpc) is 3.05. The highest BCUT2D eigenvalue weighted by Gasteiger charge is 2.66. The van der Waals surface area contributed by atoms with Gasteiger partial charge in [-0.1, -0.05) is 41.5 Å². The number of hydrogen-bond acceptors (Lipinski definition) is 4. The Kier molecular flexibility index (Phi) is 3.21. The Bertz CT molecular complexity index is 384. The first-order valence-electron chi connectivity index (χ1n) is 7.72. The van der Waals surface area contributed by atoms with E-state index in [0.29, 0.717) is 6.61 Å². The summed E-state index contributed by atoms with van der Waals surface area (Å²) in [5.74, 6) is 0.279. The molecule has 20 heavy (non-hydrogen) atoms. The van der Waals surface area contributed by atoms with Crippen molar-refractivity contribution in [3.8, 4) is 0 Å². The molecule has 2 aliphatic heterocycles. The van der Waals surface area contributed by atoms with Crippen molar-refractivity contribution >= 4 is 8.56 Å². The Morgan fingerprint density at radius 1 is 1.00 bits per heavy atom. The molecule has 0 unspecified atom stereocenters. The van der Waals surface area contributed by atoms with Gasteiger partial charge in [-0.3, -0.25) is 0 Å². The highest BCUT2D eigenvalue weighted by atomic mass is 28.4. The van der Waals surface area contributed by atoms with E-state index in [0.717, 1.165) is 6.42 Å². The van der Waals surface area contributed by atoms with E-state index in [1.54, 1.807) is 0 Å². The van der Waals surface area contributed by atoms with Crippen LogP contribution in [0.3, 0.4) is 0 Å². The third-order valence-electron chi connectivity index (χ3n) is 5.00. The van der Waals surface area contributed by atoms with E-state index in [9.17, 15) is 5.11 Å². The summed E-state index contributed by atoms with van der Waals surface area (Å²) >= 11 is 0. The third-order valence-corrected chi connectivity index (χ3v) is 10.1. The van der Waals surface area contributed by atoms with E-state index in [4.69, 9.17) is 13.6 Å². The molecule has 1 saturated carbocycles. The lowest BCUT2D eigenvalue weighted by atomic mass is 10.0. The monoisotopic (exact) mass is 300 g/mol. The minimum atomic E-state index is -2.49. The smallest absolute Gasteiger partial charge is 0.349 e. The zero-order chi connectivity index (χ0) is 14.9. The predicted molar refractivity (Wildman–Crippen MR) is 78.8 cm³/mol. The molecule has 5 heteroatoms. The third kappa shape index (κ3) is 2.02. The minimum Gasteiger partial charge on any atom is -0.391 e. The molecule has 3 rings (SSSR count). The van der Waals surface area contributed by atoms with Crippen molar-refractivity contribution in [2.75, 3.05) is 6.61 Å². The van der Waals surface area contributed by atoms with E-state index in [1.165, 1.54) is 0 Å². The molecule has 1 N–H and O–H groups in total. The summed E-state index contributed by atoms with van der Waals surface area (Å²) < 4.78 is 18.9. The van der Waals surface area contributed by atoms with E-state index in [1.807, 2.05) is 0 Å². The van der Waals surface area contributed by atoms with Gasteiger partial charge >= 0.3 is 8.56 Å². The fraction of sp³-hybridized carbons (Fsp3) is 1.00. The first kappa shape index (κ1) is 15.0. The number of ether oxygens (including phenoxy) is 1. The highest BCUT2D eigenvalue weighted by Crippen LogP contribution is 2.56. The van der Waals surface area contributed by atoms with Crippen molar-refractivity contribution in [1.29, 1.82) is 0 Å². The second-order valence-electron chi connectivity index (χ2n) is 8.61. The Morgan fingerprint density at radius 2 is 1.60 bits per heavy atom. The topological polar surface area (TPSA) is 47.9 Å². The fourth-order valence-corrected chi connectivity index (χ4v) is 9.05. The van der Waals surface area contributed by atoms with Crippen LogP contribution in [0.2, 0.25) is 10.1 Å². The van der Waals surface area contributed by atoms with Crippen LogP contribution in [-0.2, 0) is 13.6 Å². The molecule has 2 saturated heterocycles. The van der Waals surface area contributed by atoms with Crippen molar-refractivity contribution in [3.05, 3.63) is 0 Å². The van der Waals surface area contributed by atoms with Crippen LogP contribution in [0.4, 0.5) is 0 Å². The minimum absolute atomic E-state index is 0.0453. The van der Waals surface area contributed by atoms with Crippen LogP contribution >= 0.6 is 0 Å². The number of aliphatic hydroxyl groups excluding tert-OH is 1. The van der Waals surface area contributed by atoms with Crippen molar-refractivity contribution < 1.29 is 18.7 Å². The molecule has 0 aromatic rings. The molecule has 116 valence electrons. The maximum atomic E-state index is 10.5. The van der Waals surface area contributed by atoms with E-state index in [2.05, 4.69) is 41.5 Å². The van der Waals surface area contributed by atoms with Crippen LogP contribution in [0.15, 0.2) is 0 Å². The molecule has 2 heterocycles. The van der Waals surface area contributed by atoms with Gasteiger partial charge in [-0.25, -0.2) is 0 Å². The van der Waals surface area contributed by atoms with Crippen LogP contribution in [0.25, 0.3) is 0 Å². The molecule has 3 fully saturated rings. The summed E-state index contributed by atoms with van der Waals surface area (Å²) in [7, 11) is -2.49. The summed E-state index contributed by atoms with van der Waals surface area (Å²) in [5.41, 5.74) is 0. The van der Waals surface area contributed by atoms with Gasteiger partial charge in [0.2, 0.25) is 0 Å². The van der Waals surface area contributed by atoms with Crippen LogP contribution in [0.5, 0.6) is 0 Å². The second kappa shape index (κ2) is 4.29. The lowest BCUT2D eigenvalue weighted by molar-refractivity contribution is -0.179. The Labute approximate surface area is 123 Å². The molecular formula is C15H28O4Si. The molecule has 3 aliphatic rings. The maximum Gasteiger partial charge on any atom is 0.349 e. The first-order chi connectivity index (χ1) is 9.07. The van der Waals surface area contributed by atoms with Crippen LogP contribution in [0.1, 0.15) is 48.0 Å². The molecular weight excluding hydrogens is 272 g/mol. The van der Waals surface area contributed by atoms with Gasteiger partial charge in [-0.2, -0.15) is 0 Å². The first-order valence-corrected chi connectivity index (χ1v) is 9.54. The van der Waals surface area contributed by atoms with Gasteiger partial charge in [0.05, 0.1) is 18.8 Å². The van der Waals surface area contributed by atoms with E-state index in [-0.39, 0.29) is 40.4 Å². The number of aliphatic hydroxyl groups is 1. The van der Waals surface area contributed by atoms with Crippen molar-refractivity contribution in [3.63, 3.8) is 0 Å². The average molecular weight is 300 g/mol. The normalized spacial score (nSPS) is 43.6. The molecule has 0 aromatic heterocycles. The summed E-state index contributed by atoms with van der Waals surface area (Å²) in [5, 5.41) is 10.4. The zero-order valence-electron chi connectivity index (χ0n) is 13.5. The summed E-state index contributed by atoms with van der Waals surface area (Å²) in [6.45, 7) is 13.7. The Morgan fingerprint density at radius 3 is 2.15 bits per heavy atom. The Hall–Kier alpha value is 0.0569. The molecule has 0 aromatic carbocycles. The Balaban J connectivity index is 1.91. The molecule has 0 amide bonds. The van der Waals surface area contributed by atoms with Crippen molar-refractivity contribution in [2.24, 2.45) is 5.92 Å². The molecule has 0 bridgehead atoms. The van der Waals surface area contributed by atoms with Crippen molar-refractivity contribution in [1.82, 2.24) is 0 Å². The lowest BCUT2D eigenvalue weighted by Crippen LogP contribution is -2.68. The lowest BCUT2D eigenvalue weighted by Gasteiger charge is -2.56. The largest absolute Gasteiger partial charge is 0.391 e. The molecule has 5 atom stereocenters. The zero-order valence-corrected chi connectivity index (χ0v) is 14.5. The quantitative estimate of drug-likeness (QED) is 0.699. The second-order valence-corrected chi connectivity index (χ2v) is 13.4. The van der Waals surface area contributed by atoms with Gasteiger partial charge in [-0.05, 0) is 6.42 Å². The highest BCUT2D eigenvalue weighted by molar-refractivity contribution is 6.73. The fourth-order valence-electron chi connectivity index (χ4n) is 4.09. The van der Waals surface area contributed by atoms with Crippen molar-refractivity contribution in [2.45, 2.75) is 82.5 Å². The summed E-state index contributed by atoms with van der Waals surface area (Å²) in [6.07, 6.45) is 0.504. The standard InChI is InChI=1S/C15H28O4Si/c1-14(2,3)20(15(4,5)6)17-8-11-13(19-20)12(16)9-7-10(9)18-11/h9-13,16H,7-8H2,1-6H3/t9-,10+,11-,12-,13+/m1/s1. The van der Waals surface area contributed by atoms with Gasteiger partial charge in [0.1, 0.15) is 12.2 Å². The van der Waals surface area contributed by atoms with Gasteiger partial charge in [-0.15, -0.1) is 0 Å². The molecule has 0 spiro atoms. The molecule has 0 radical (unpaired) electrons. The van der Waals surface area contributed by atoms with Crippen LogP contribution in [-0.4, -0.2) is 44.7 Å². The van der Waals surface area contributed by atoms with Crippen LogP contribution in [0, 0.1) is 5.92 Å².